The van der Waals surface area contributed by atoms with Crippen molar-refractivity contribution in [2.75, 3.05) is 26.2 Å². The van der Waals surface area contributed by atoms with E-state index in [0.29, 0.717) is 12.1 Å². The maximum Gasteiger partial charge on any atom is 0.257 e. The first kappa shape index (κ1) is 21.1. The topological polar surface area (TPSA) is 50.2 Å². The van der Waals surface area contributed by atoms with Crippen molar-refractivity contribution in [1.29, 1.82) is 0 Å². The van der Waals surface area contributed by atoms with Gasteiger partial charge in [0, 0.05) is 31.4 Å². The van der Waals surface area contributed by atoms with Crippen LogP contribution in [-0.2, 0) is 6.54 Å². The summed E-state index contributed by atoms with van der Waals surface area (Å²) in [5.41, 5.74) is 4.78. The lowest BCUT2D eigenvalue weighted by Crippen LogP contribution is -2.34. The van der Waals surface area contributed by atoms with Crippen molar-refractivity contribution >= 4 is 18.3 Å². The maximum absolute atomic E-state index is 13.3. The van der Waals surface area contributed by atoms with Gasteiger partial charge in [-0.05, 0) is 25.5 Å². The molecule has 2 aromatic carbocycles. The zero-order chi connectivity index (χ0) is 19.3. The monoisotopic (exact) mass is 410 g/mol. The van der Waals surface area contributed by atoms with Crippen LogP contribution in [0, 0.1) is 6.92 Å². The van der Waals surface area contributed by atoms with Crippen molar-refractivity contribution in [2.45, 2.75) is 19.9 Å². The molecule has 1 saturated heterocycles. The Balaban J connectivity index is 0.00000240. The molecule has 152 valence electrons. The van der Waals surface area contributed by atoms with Crippen LogP contribution < -0.4 is 5.32 Å². The SMILES string of the molecule is Cc1ccc(-c2nn(Cc3ccccc3)cc2C(=O)N2CCCNCC2)cc1.Cl. The maximum atomic E-state index is 13.3. The zero-order valence-corrected chi connectivity index (χ0v) is 17.5. The first-order valence-electron chi connectivity index (χ1n) is 9.89. The van der Waals surface area contributed by atoms with E-state index < -0.39 is 0 Å². The van der Waals surface area contributed by atoms with Crippen LogP contribution in [0.1, 0.15) is 27.9 Å². The van der Waals surface area contributed by atoms with Crippen LogP contribution in [0.3, 0.4) is 0 Å². The van der Waals surface area contributed by atoms with E-state index in [1.54, 1.807) is 0 Å². The van der Waals surface area contributed by atoms with Gasteiger partial charge in [-0.2, -0.15) is 5.10 Å². The van der Waals surface area contributed by atoms with Crippen molar-refractivity contribution in [1.82, 2.24) is 20.0 Å². The summed E-state index contributed by atoms with van der Waals surface area (Å²) in [6.07, 6.45) is 2.88. The lowest BCUT2D eigenvalue weighted by atomic mass is 10.1. The summed E-state index contributed by atoms with van der Waals surface area (Å²) < 4.78 is 1.88. The molecule has 1 fully saturated rings. The quantitative estimate of drug-likeness (QED) is 0.712. The van der Waals surface area contributed by atoms with Gasteiger partial charge in [-0.1, -0.05) is 60.2 Å². The second-order valence-electron chi connectivity index (χ2n) is 7.34. The molecule has 1 amide bonds. The number of amides is 1. The second kappa shape index (κ2) is 9.72. The smallest absolute Gasteiger partial charge is 0.257 e. The summed E-state index contributed by atoms with van der Waals surface area (Å²) >= 11 is 0. The Morgan fingerprint density at radius 1 is 1.03 bits per heavy atom. The Hall–Kier alpha value is -2.63. The minimum atomic E-state index is 0. The van der Waals surface area contributed by atoms with E-state index in [1.165, 1.54) is 11.1 Å². The summed E-state index contributed by atoms with van der Waals surface area (Å²) in [6, 6.07) is 18.4. The fraction of sp³-hybridized carbons (Fsp3) is 0.304. The highest BCUT2D eigenvalue weighted by Gasteiger charge is 2.23. The molecule has 3 aromatic rings. The number of aryl methyl sites for hydroxylation is 1. The minimum Gasteiger partial charge on any atom is -0.337 e. The van der Waals surface area contributed by atoms with Gasteiger partial charge in [0.2, 0.25) is 0 Å². The third kappa shape index (κ3) is 5.05. The second-order valence-corrected chi connectivity index (χ2v) is 7.34. The van der Waals surface area contributed by atoms with Gasteiger partial charge in [0.25, 0.3) is 5.91 Å². The van der Waals surface area contributed by atoms with Crippen molar-refractivity contribution in [3.8, 4) is 11.3 Å². The lowest BCUT2D eigenvalue weighted by Gasteiger charge is -2.19. The van der Waals surface area contributed by atoms with E-state index in [2.05, 4.69) is 36.5 Å². The van der Waals surface area contributed by atoms with Crippen LogP contribution in [0.4, 0.5) is 0 Å². The third-order valence-corrected chi connectivity index (χ3v) is 5.13. The summed E-state index contributed by atoms with van der Waals surface area (Å²) in [7, 11) is 0. The molecule has 1 aliphatic rings. The van der Waals surface area contributed by atoms with Crippen LogP contribution in [-0.4, -0.2) is 46.8 Å². The molecule has 0 atom stereocenters. The molecule has 1 aromatic heterocycles. The van der Waals surface area contributed by atoms with E-state index in [-0.39, 0.29) is 18.3 Å². The van der Waals surface area contributed by atoms with Gasteiger partial charge >= 0.3 is 0 Å². The molecule has 1 N–H and O–H groups in total. The minimum absolute atomic E-state index is 0. The Labute approximate surface area is 178 Å². The van der Waals surface area contributed by atoms with Crippen LogP contribution in [0.15, 0.2) is 60.8 Å². The number of nitrogens with zero attached hydrogens (tertiary/aromatic N) is 3. The number of carbonyl (C=O) groups excluding carboxylic acids is 1. The molecule has 0 radical (unpaired) electrons. The van der Waals surface area contributed by atoms with Gasteiger partial charge in [0.15, 0.2) is 0 Å². The molecule has 5 nitrogen and oxygen atoms in total. The number of rotatable bonds is 4. The highest BCUT2D eigenvalue weighted by atomic mass is 35.5. The van der Waals surface area contributed by atoms with Gasteiger partial charge in [-0.15, -0.1) is 12.4 Å². The van der Waals surface area contributed by atoms with E-state index in [9.17, 15) is 4.79 Å². The van der Waals surface area contributed by atoms with Gasteiger partial charge < -0.3 is 10.2 Å². The van der Waals surface area contributed by atoms with Crippen molar-refractivity contribution < 1.29 is 4.79 Å². The number of benzene rings is 2. The average molecular weight is 411 g/mol. The number of nitrogens with one attached hydrogen (secondary N) is 1. The Bertz CT molecular complexity index is 929. The summed E-state index contributed by atoms with van der Waals surface area (Å²) in [6.45, 7) is 6.02. The van der Waals surface area contributed by atoms with Gasteiger partial charge in [-0.25, -0.2) is 0 Å². The van der Waals surface area contributed by atoms with Crippen LogP contribution in [0.2, 0.25) is 0 Å². The average Bonchev–Trinajstić information content (AvgIpc) is 2.94. The van der Waals surface area contributed by atoms with E-state index in [4.69, 9.17) is 5.10 Å². The number of halogens is 1. The predicted molar refractivity (Wildman–Crippen MR) is 119 cm³/mol. The van der Waals surface area contributed by atoms with E-state index >= 15 is 0 Å². The van der Waals surface area contributed by atoms with Crippen LogP contribution in [0.25, 0.3) is 11.3 Å². The molecular formula is C23H27ClN4O. The third-order valence-electron chi connectivity index (χ3n) is 5.13. The Kier molecular flexibility index (Phi) is 7.07. The lowest BCUT2D eigenvalue weighted by molar-refractivity contribution is 0.0767. The highest BCUT2D eigenvalue weighted by molar-refractivity contribution is 5.99. The molecule has 0 unspecified atom stereocenters. The van der Waals surface area contributed by atoms with Crippen molar-refractivity contribution in [3.05, 3.63) is 77.5 Å². The molecule has 6 heteroatoms. The van der Waals surface area contributed by atoms with Crippen LogP contribution in [0.5, 0.6) is 0 Å². The predicted octanol–water partition coefficient (Wildman–Crippen LogP) is 3.76. The molecule has 0 bridgehead atoms. The molecule has 4 rings (SSSR count). The van der Waals surface area contributed by atoms with Crippen molar-refractivity contribution in [3.63, 3.8) is 0 Å². The van der Waals surface area contributed by atoms with Crippen LogP contribution >= 0.6 is 12.4 Å². The summed E-state index contributed by atoms with van der Waals surface area (Å²) in [5, 5.41) is 8.16. The molecule has 29 heavy (non-hydrogen) atoms. The molecule has 0 saturated carbocycles. The first-order valence-corrected chi connectivity index (χ1v) is 9.89. The molecule has 0 spiro atoms. The zero-order valence-electron chi connectivity index (χ0n) is 16.7. The number of hydrogen-bond acceptors (Lipinski definition) is 3. The van der Waals surface area contributed by atoms with E-state index in [1.807, 2.05) is 46.1 Å². The summed E-state index contributed by atoms with van der Waals surface area (Å²) in [4.78, 5) is 15.3. The normalized spacial score (nSPS) is 14.2. The first-order chi connectivity index (χ1) is 13.7. The number of aromatic nitrogens is 2. The summed E-state index contributed by atoms with van der Waals surface area (Å²) in [5.74, 6) is 0.0681. The standard InChI is InChI=1S/C23H26N4O.ClH/c1-18-8-10-20(11-9-18)22-21(23(28)26-14-5-12-24-13-15-26)17-27(25-22)16-19-6-3-2-4-7-19;/h2-4,6-11,17,24H,5,12-16H2,1H3;1H. The fourth-order valence-electron chi connectivity index (χ4n) is 3.57. The van der Waals surface area contributed by atoms with Crippen molar-refractivity contribution in [2.24, 2.45) is 0 Å². The molecule has 1 aliphatic heterocycles. The Morgan fingerprint density at radius 2 is 1.79 bits per heavy atom. The van der Waals surface area contributed by atoms with Gasteiger partial charge in [-0.3, -0.25) is 9.48 Å². The highest BCUT2D eigenvalue weighted by Crippen LogP contribution is 2.24. The fourth-order valence-corrected chi connectivity index (χ4v) is 3.57. The largest absolute Gasteiger partial charge is 0.337 e. The number of hydrogen-bond donors (Lipinski definition) is 1. The molecular weight excluding hydrogens is 384 g/mol. The Morgan fingerprint density at radius 3 is 2.55 bits per heavy atom. The van der Waals surface area contributed by atoms with E-state index in [0.717, 1.165) is 43.9 Å². The molecule has 2 heterocycles. The molecule has 0 aliphatic carbocycles. The van der Waals surface area contributed by atoms with Gasteiger partial charge in [0.1, 0.15) is 5.69 Å². The number of carbonyl (C=O) groups is 1. The van der Waals surface area contributed by atoms with Gasteiger partial charge in [0.05, 0.1) is 12.1 Å².